The first-order valence-corrected chi connectivity index (χ1v) is 10.6. The molecular formula is C24H25N7O2. The van der Waals surface area contributed by atoms with Crippen LogP contribution in [0.15, 0.2) is 60.9 Å². The monoisotopic (exact) mass is 443 g/mol. The molecule has 0 atom stereocenters. The van der Waals surface area contributed by atoms with Crippen molar-refractivity contribution in [3.63, 3.8) is 0 Å². The Bertz CT molecular complexity index is 1270. The van der Waals surface area contributed by atoms with Crippen LogP contribution in [0, 0.1) is 13.8 Å². The standard InChI is InChI=1S/C24H25N7O2/c1-15(2)18-5-11-21(12-6-18)31-16(3)13-22(17(31)4)24(33)27-26-23(32)19-7-9-20(10-8-19)30-14-25-28-29-30/h5-15H,1-4H3,(H,26,32)(H,27,33). The molecule has 2 N–H and O–H groups in total. The molecule has 168 valence electrons. The minimum absolute atomic E-state index is 0.383. The van der Waals surface area contributed by atoms with E-state index in [1.54, 1.807) is 24.3 Å². The molecule has 0 aliphatic carbocycles. The molecule has 2 aromatic carbocycles. The van der Waals surface area contributed by atoms with Crippen LogP contribution in [0.2, 0.25) is 0 Å². The fourth-order valence-electron chi connectivity index (χ4n) is 3.70. The van der Waals surface area contributed by atoms with Gasteiger partial charge in [0.1, 0.15) is 6.33 Å². The summed E-state index contributed by atoms with van der Waals surface area (Å²) >= 11 is 0. The summed E-state index contributed by atoms with van der Waals surface area (Å²) in [4.78, 5) is 25.3. The predicted molar refractivity (Wildman–Crippen MR) is 123 cm³/mol. The predicted octanol–water partition coefficient (Wildman–Crippen LogP) is 3.27. The highest BCUT2D eigenvalue weighted by Gasteiger charge is 2.18. The van der Waals surface area contributed by atoms with Crippen LogP contribution in [0.25, 0.3) is 11.4 Å². The molecule has 0 saturated heterocycles. The Balaban J connectivity index is 1.44. The molecule has 2 aromatic heterocycles. The van der Waals surface area contributed by atoms with Gasteiger partial charge in [-0.2, -0.15) is 0 Å². The van der Waals surface area contributed by atoms with Crippen LogP contribution >= 0.6 is 0 Å². The Morgan fingerprint density at radius 2 is 1.52 bits per heavy atom. The van der Waals surface area contributed by atoms with Gasteiger partial charge in [-0.05, 0) is 78.2 Å². The minimum atomic E-state index is -0.426. The number of rotatable bonds is 5. The van der Waals surface area contributed by atoms with Crippen molar-refractivity contribution in [2.75, 3.05) is 0 Å². The van der Waals surface area contributed by atoms with Gasteiger partial charge >= 0.3 is 0 Å². The second kappa shape index (κ2) is 9.07. The molecule has 2 amide bonds. The van der Waals surface area contributed by atoms with Gasteiger partial charge in [-0.1, -0.05) is 26.0 Å². The summed E-state index contributed by atoms with van der Waals surface area (Å²) in [7, 11) is 0. The number of amides is 2. The van der Waals surface area contributed by atoms with E-state index in [0.29, 0.717) is 17.0 Å². The summed E-state index contributed by atoms with van der Waals surface area (Å²) in [5.74, 6) is -0.358. The van der Waals surface area contributed by atoms with Crippen molar-refractivity contribution in [2.45, 2.75) is 33.6 Å². The van der Waals surface area contributed by atoms with Crippen molar-refractivity contribution < 1.29 is 9.59 Å². The number of aryl methyl sites for hydroxylation is 1. The second-order valence-electron chi connectivity index (χ2n) is 8.08. The number of hydrogen-bond donors (Lipinski definition) is 2. The molecule has 33 heavy (non-hydrogen) atoms. The fraction of sp³-hybridized carbons (Fsp3) is 0.208. The minimum Gasteiger partial charge on any atom is -0.318 e. The lowest BCUT2D eigenvalue weighted by atomic mass is 10.0. The first-order chi connectivity index (χ1) is 15.8. The molecule has 0 spiro atoms. The van der Waals surface area contributed by atoms with E-state index in [4.69, 9.17) is 0 Å². The average molecular weight is 444 g/mol. The van der Waals surface area contributed by atoms with Crippen molar-refractivity contribution in [1.29, 1.82) is 0 Å². The van der Waals surface area contributed by atoms with E-state index in [1.165, 1.54) is 16.6 Å². The molecule has 0 saturated carbocycles. The van der Waals surface area contributed by atoms with E-state index in [2.05, 4.69) is 64.5 Å². The van der Waals surface area contributed by atoms with Gasteiger partial charge in [0.05, 0.1) is 11.3 Å². The Morgan fingerprint density at radius 3 is 2.12 bits per heavy atom. The summed E-state index contributed by atoms with van der Waals surface area (Å²) in [6, 6.07) is 16.8. The van der Waals surface area contributed by atoms with Crippen LogP contribution in [0.3, 0.4) is 0 Å². The number of nitrogens with one attached hydrogen (secondary N) is 2. The number of benzene rings is 2. The SMILES string of the molecule is Cc1cc(C(=O)NNC(=O)c2ccc(-n3cnnn3)cc2)c(C)n1-c1ccc(C(C)C)cc1. The maximum absolute atomic E-state index is 12.8. The number of tetrazole rings is 1. The molecule has 0 fully saturated rings. The zero-order valence-corrected chi connectivity index (χ0v) is 18.9. The highest BCUT2D eigenvalue weighted by Crippen LogP contribution is 2.23. The van der Waals surface area contributed by atoms with Gasteiger partial charge in [0.2, 0.25) is 0 Å². The van der Waals surface area contributed by atoms with Crippen LogP contribution in [-0.2, 0) is 0 Å². The van der Waals surface area contributed by atoms with Gasteiger partial charge in [0, 0.05) is 22.6 Å². The lowest BCUT2D eigenvalue weighted by Gasteiger charge is -2.12. The Labute approximate surface area is 191 Å². The van der Waals surface area contributed by atoms with Crippen LogP contribution in [0.5, 0.6) is 0 Å². The van der Waals surface area contributed by atoms with Crippen molar-refractivity contribution in [1.82, 2.24) is 35.6 Å². The Kier molecular flexibility index (Phi) is 6.03. The molecule has 0 aliphatic rings. The first kappa shape index (κ1) is 21.9. The van der Waals surface area contributed by atoms with Crippen LogP contribution in [-0.4, -0.2) is 36.6 Å². The van der Waals surface area contributed by atoms with Crippen molar-refractivity contribution >= 4 is 11.8 Å². The smallest absolute Gasteiger partial charge is 0.271 e. The first-order valence-electron chi connectivity index (χ1n) is 10.6. The number of aromatic nitrogens is 5. The third kappa shape index (κ3) is 4.52. The molecule has 4 rings (SSSR count). The van der Waals surface area contributed by atoms with E-state index >= 15 is 0 Å². The highest BCUT2D eigenvalue weighted by atomic mass is 16.2. The van der Waals surface area contributed by atoms with E-state index in [-0.39, 0.29) is 5.91 Å². The Morgan fingerprint density at radius 1 is 0.879 bits per heavy atom. The van der Waals surface area contributed by atoms with E-state index in [9.17, 15) is 9.59 Å². The number of hydrogen-bond acceptors (Lipinski definition) is 5. The molecule has 9 nitrogen and oxygen atoms in total. The van der Waals surface area contributed by atoms with E-state index < -0.39 is 5.91 Å². The van der Waals surface area contributed by atoms with Gasteiger partial charge in [0.15, 0.2) is 0 Å². The summed E-state index contributed by atoms with van der Waals surface area (Å²) in [5.41, 5.74) is 10.6. The van der Waals surface area contributed by atoms with Crippen LogP contribution in [0.4, 0.5) is 0 Å². The summed E-state index contributed by atoms with van der Waals surface area (Å²) in [5, 5.41) is 11.0. The molecular weight excluding hydrogens is 418 g/mol. The van der Waals surface area contributed by atoms with Gasteiger partial charge in [-0.25, -0.2) is 4.68 Å². The van der Waals surface area contributed by atoms with Gasteiger partial charge in [-0.15, -0.1) is 5.10 Å². The van der Waals surface area contributed by atoms with Crippen molar-refractivity contribution in [3.8, 4) is 11.4 Å². The number of carbonyl (C=O) groups is 2. The lowest BCUT2D eigenvalue weighted by molar-refractivity contribution is 0.0846. The zero-order valence-electron chi connectivity index (χ0n) is 18.9. The zero-order chi connectivity index (χ0) is 23.5. The van der Waals surface area contributed by atoms with Gasteiger partial charge in [0.25, 0.3) is 11.8 Å². The third-order valence-electron chi connectivity index (χ3n) is 5.53. The molecule has 9 heteroatoms. The van der Waals surface area contributed by atoms with Gasteiger partial charge < -0.3 is 4.57 Å². The summed E-state index contributed by atoms with van der Waals surface area (Å²) in [6.07, 6.45) is 1.46. The Hall–Kier alpha value is -4.27. The van der Waals surface area contributed by atoms with Crippen molar-refractivity contribution in [2.24, 2.45) is 0 Å². The van der Waals surface area contributed by atoms with E-state index in [1.807, 2.05) is 24.5 Å². The number of carbonyl (C=O) groups excluding carboxylic acids is 2. The molecule has 0 unspecified atom stereocenters. The maximum atomic E-state index is 12.8. The molecule has 0 radical (unpaired) electrons. The van der Waals surface area contributed by atoms with Crippen LogP contribution < -0.4 is 10.9 Å². The van der Waals surface area contributed by atoms with Crippen LogP contribution in [0.1, 0.15) is 57.4 Å². The van der Waals surface area contributed by atoms with E-state index in [0.717, 1.165) is 22.8 Å². The normalized spacial score (nSPS) is 10.9. The molecule has 0 bridgehead atoms. The quantitative estimate of drug-likeness (QED) is 0.461. The number of nitrogens with zero attached hydrogens (tertiary/aromatic N) is 5. The fourth-order valence-corrected chi connectivity index (χ4v) is 3.70. The topological polar surface area (TPSA) is 107 Å². The highest BCUT2D eigenvalue weighted by molar-refractivity contribution is 6.00. The van der Waals surface area contributed by atoms with Gasteiger partial charge in [-0.3, -0.25) is 20.4 Å². The molecule has 4 aromatic rings. The second-order valence-corrected chi connectivity index (χ2v) is 8.08. The summed E-state index contributed by atoms with van der Waals surface area (Å²) < 4.78 is 3.51. The summed E-state index contributed by atoms with van der Waals surface area (Å²) in [6.45, 7) is 8.14. The number of hydrazine groups is 1. The van der Waals surface area contributed by atoms with Crippen molar-refractivity contribution in [3.05, 3.63) is 89.0 Å². The average Bonchev–Trinajstić information content (AvgIpc) is 3.45. The third-order valence-corrected chi connectivity index (χ3v) is 5.53. The maximum Gasteiger partial charge on any atom is 0.271 e. The lowest BCUT2D eigenvalue weighted by Crippen LogP contribution is -2.41. The largest absolute Gasteiger partial charge is 0.318 e. The molecule has 2 heterocycles. The molecule has 0 aliphatic heterocycles.